The highest BCUT2D eigenvalue weighted by Crippen LogP contribution is 2.26. The second-order valence-corrected chi connectivity index (χ2v) is 7.26. The molecule has 1 aliphatic carbocycles. The van der Waals surface area contributed by atoms with Crippen LogP contribution in [0.5, 0.6) is 0 Å². The van der Waals surface area contributed by atoms with Crippen molar-refractivity contribution in [3.63, 3.8) is 0 Å². The van der Waals surface area contributed by atoms with Crippen LogP contribution in [0.2, 0.25) is 0 Å². The smallest absolute Gasteiger partial charge is 0.251 e. The van der Waals surface area contributed by atoms with Gasteiger partial charge in [-0.1, -0.05) is 25.8 Å². The molecule has 1 aliphatic heterocycles. The molecule has 1 heterocycles. The number of rotatable bonds is 5. The highest BCUT2D eigenvalue weighted by Gasteiger charge is 2.34. The number of likely N-dealkylation sites (tertiary alicyclic amines) is 1. The zero-order valence-electron chi connectivity index (χ0n) is 15.6. The van der Waals surface area contributed by atoms with Crippen LogP contribution in [0, 0.1) is 0 Å². The summed E-state index contributed by atoms with van der Waals surface area (Å²) in [4.78, 5) is 38.7. The first-order valence-corrected chi connectivity index (χ1v) is 9.73. The van der Waals surface area contributed by atoms with Crippen LogP contribution in [0.4, 0.5) is 5.69 Å². The van der Waals surface area contributed by atoms with Crippen molar-refractivity contribution in [2.45, 2.75) is 57.0 Å². The van der Waals surface area contributed by atoms with Gasteiger partial charge in [0.25, 0.3) is 5.91 Å². The lowest BCUT2D eigenvalue weighted by Crippen LogP contribution is -2.55. The van der Waals surface area contributed by atoms with E-state index in [2.05, 4.69) is 17.2 Å². The van der Waals surface area contributed by atoms with Gasteiger partial charge in [0, 0.05) is 23.8 Å². The molecule has 3 rings (SSSR count). The Balaban J connectivity index is 1.60. The summed E-state index contributed by atoms with van der Waals surface area (Å²) in [6.45, 7) is 4.20. The van der Waals surface area contributed by atoms with Gasteiger partial charge in [-0.3, -0.25) is 14.4 Å². The van der Waals surface area contributed by atoms with E-state index in [4.69, 9.17) is 0 Å². The highest BCUT2D eigenvalue weighted by molar-refractivity contribution is 6.00. The van der Waals surface area contributed by atoms with Crippen LogP contribution in [0.1, 0.15) is 55.3 Å². The van der Waals surface area contributed by atoms with Crippen LogP contribution < -0.4 is 10.6 Å². The van der Waals surface area contributed by atoms with Crippen molar-refractivity contribution in [2.75, 3.05) is 11.9 Å². The molecule has 0 bridgehead atoms. The minimum Gasteiger partial charge on any atom is -0.340 e. The van der Waals surface area contributed by atoms with Crippen molar-refractivity contribution in [3.05, 3.63) is 42.5 Å². The molecule has 0 radical (unpaired) electrons. The molecule has 1 saturated carbocycles. The zero-order valence-corrected chi connectivity index (χ0v) is 15.6. The number of piperidine rings is 1. The number of nitrogens with zero attached hydrogens (tertiary/aromatic N) is 1. The summed E-state index contributed by atoms with van der Waals surface area (Å²) in [7, 11) is 0. The largest absolute Gasteiger partial charge is 0.340 e. The third kappa shape index (κ3) is 4.76. The first kappa shape index (κ1) is 19.1. The predicted molar refractivity (Wildman–Crippen MR) is 104 cm³/mol. The Bertz CT molecular complexity index is 708. The molecule has 1 atom stereocenters. The van der Waals surface area contributed by atoms with E-state index in [0.717, 1.165) is 25.8 Å². The van der Waals surface area contributed by atoms with Crippen LogP contribution >= 0.6 is 0 Å². The molecular weight excluding hydrogens is 342 g/mol. The van der Waals surface area contributed by atoms with Crippen molar-refractivity contribution < 1.29 is 14.4 Å². The Morgan fingerprint density at radius 2 is 1.74 bits per heavy atom. The van der Waals surface area contributed by atoms with Crippen molar-refractivity contribution in [1.82, 2.24) is 10.2 Å². The number of nitrogens with one attached hydrogen (secondary N) is 2. The molecule has 2 N–H and O–H groups in total. The maximum Gasteiger partial charge on any atom is 0.251 e. The van der Waals surface area contributed by atoms with E-state index in [9.17, 15) is 14.4 Å². The highest BCUT2D eigenvalue weighted by atomic mass is 16.2. The number of amides is 3. The second kappa shape index (κ2) is 8.84. The molecule has 6 heteroatoms. The van der Waals surface area contributed by atoms with E-state index in [1.165, 1.54) is 25.3 Å². The molecular formula is C21H27N3O3. The molecule has 1 aromatic carbocycles. The monoisotopic (exact) mass is 369 g/mol. The summed E-state index contributed by atoms with van der Waals surface area (Å²) < 4.78 is 0. The van der Waals surface area contributed by atoms with Crippen molar-refractivity contribution >= 4 is 23.4 Å². The first-order valence-electron chi connectivity index (χ1n) is 9.73. The SMILES string of the molecule is C=CC(=O)Nc1ccc(C(=O)NC2CCCN(C3CCCCC3)C2=O)cc1. The average Bonchev–Trinajstić information content (AvgIpc) is 2.70. The van der Waals surface area contributed by atoms with E-state index in [1.807, 2.05) is 4.90 Å². The summed E-state index contributed by atoms with van der Waals surface area (Å²) in [5.74, 6) is -0.514. The minimum absolute atomic E-state index is 0.0522. The maximum absolute atomic E-state index is 12.9. The predicted octanol–water partition coefficient (Wildman–Crippen LogP) is 2.86. The van der Waals surface area contributed by atoms with Gasteiger partial charge >= 0.3 is 0 Å². The lowest BCUT2D eigenvalue weighted by atomic mass is 9.91. The number of benzene rings is 1. The molecule has 6 nitrogen and oxygen atoms in total. The number of hydrogen-bond acceptors (Lipinski definition) is 3. The van der Waals surface area contributed by atoms with E-state index < -0.39 is 6.04 Å². The lowest BCUT2D eigenvalue weighted by molar-refractivity contribution is -0.139. The van der Waals surface area contributed by atoms with Crippen molar-refractivity contribution in [2.24, 2.45) is 0 Å². The fourth-order valence-corrected chi connectivity index (χ4v) is 3.93. The van der Waals surface area contributed by atoms with Gasteiger partial charge in [-0.25, -0.2) is 0 Å². The fraction of sp³-hybridized carbons (Fsp3) is 0.476. The normalized spacial score (nSPS) is 20.8. The van der Waals surface area contributed by atoms with Gasteiger partial charge in [0.1, 0.15) is 6.04 Å². The van der Waals surface area contributed by atoms with Crippen molar-refractivity contribution in [3.8, 4) is 0 Å². The first-order chi connectivity index (χ1) is 13.1. The van der Waals surface area contributed by atoms with Gasteiger partial charge < -0.3 is 15.5 Å². The molecule has 1 saturated heterocycles. The molecule has 1 aromatic rings. The summed E-state index contributed by atoms with van der Waals surface area (Å²) >= 11 is 0. The summed E-state index contributed by atoms with van der Waals surface area (Å²) in [5, 5.41) is 5.53. The molecule has 0 spiro atoms. The van der Waals surface area contributed by atoms with Gasteiger partial charge in [0.2, 0.25) is 11.8 Å². The van der Waals surface area contributed by atoms with E-state index in [-0.39, 0.29) is 17.7 Å². The minimum atomic E-state index is -0.451. The summed E-state index contributed by atoms with van der Waals surface area (Å²) in [6, 6.07) is 6.48. The number of carbonyl (C=O) groups is 3. The Hall–Kier alpha value is -2.63. The Kier molecular flexibility index (Phi) is 6.27. The van der Waals surface area contributed by atoms with Gasteiger partial charge in [-0.15, -0.1) is 0 Å². The number of hydrogen-bond donors (Lipinski definition) is 2. The van der Waals surface area contributed by atoms with Crippen LogP contribution in [-0.2, 0) is 9.59 Å². The van der Waals surface area contributed by atoms with Gasteiger partial charge in [0.05, 0.1) is 0 Å². The van der Waals surface area contributed by atoms with E-state index in [0.29, 0.717) is 23.7 Å². The third-order valence-electron chi connectivity index (χ3n) is 5.39. The zero-order chi connectivity index (χ0) is 19.2. The molecule has 2 fully saturated rings. The summed E-state index contributed by atoms with van der Waals surface area (Å²) in [6.07, 6.45) is 8.55. The maximum atomic E-state index is 12.9. The number of carbonyl (C=O) groups excluding carboxylic acids is 3. The molecule has 0 aromatic heterocycles. The Morgan fingerprint density at radius 1 is 1.04 bits per heavy atom. The standard InChI is InChI=1S/C21H27N3O3/c1-2-19(25)22-16-12-10-15(11-13-16)20(26)23-18-9-6-14-24(21(18)27)17-7-4-3-5-8-17/h2,10-13,17-18H,1,3-9,14H2,(H,22,25)(H,23,26). The van der Waals surface area contributed by atoms with Gasteiger partial charge in [-0.2, -0.15) is 0 Å². The lowest BCUT2D eigenvalue weighted by Gasteiger charge is -2.39. The van der Waals surface area contributed by atoms with E-state index in [1.54, 1.807) is 24.3 Å². The fourth-order valence-electron chi connectivity index (χ4n) is 3.93. The van der Waals surface area contributed by atoms with Crippen molar-refractivity contribution in [1.29, 1.82) is 0 Å². The van der Waals surface area contributed by atoms with Crippen LogP contribution in [0.25, 0.3) is 0 Å². The second-order valence-electron chi connectivity index (χ2n) is 7.26. The van der Waals surface area contributed by atoms with Crippen LogP contribution in [0.15, 0.2) is 36.9 Å². The third-order valence-corrected chi connectivity index (χ3v) is 5.39. The molecule has 2 aliphatic rings. The molecule has 1 unspecified atom stereocenters. The Morgan fingerprint density at radius 3 is 2.41 bits per heavy atom. The number of anilines is 1. The molecule has 27 heavy (non-hydrogen) atoms. The topological polar surface area (TPSA) is 78.5 Å². The summed E-state index contributed by atoms with van der Waals surface area (Å²) in [5.41, 5.74) is 1.06. The van der Waals surface area contributed by atoms with Gasteiger partial charge in [-0.05, 0) is 56.0 Å². The quantitative estimate of drug-likeness (QED) is 0.784. The van der Waals surface area contributed by atoms with Crippen LogP contribution in [0.3, 0.4) is 0 Å². The average molecular weight is 369 g/mol. The van der Waals surface area contributed by atoms with Gasteiger partial charge in [0.15, 0.2) is 0 Å². The molecule has 3 amide bonds. The van der Waals surface area contributed by atoms with Crippen LogP contribution in [-0.4, -0.2) is 41.2 Å². The van der Waals surface area contributed by atoms with E-state index >= 15 is 0 Å². The Labute approximate surface area is 160 Å². The molecule has 144 valence electrons.